The van der Waals surface area contributed by atoms with Crippen molar-refractivity contribution in [3.05, 3.63) is 59.7 Å². The van der Waals surface area contributed by atoms with Crippen LogP contribution < -0.4 is 10.6 Å². The van der Waals surface area contributed by atoms with Crippen LogP contribution in [0.3, 0.4) is 0 Å². The Morgan fingerprint density at radius 1 is 1.06 bits per heavy atom. The van der Waals surface area contributed by atoms with Crippen LogP contribution in [0.25, 0.3) is 11.1 Å². The lowest BCUT2D eigenvalue weighted by Crippen LogP contribution is -2.61. The van der Waals surface area contributed by atoms with E-state index >= 15 is 0 Å². The Bertz CT molecular complexity index is 978. The summed E-state index contributed by atoms with van der Waals surface area (Å²) < 4.78 is 10.8. The standard InChI is InChI=1S/C25H30N2O6/c1-4-25(15-32-3,23(30)26-13-16(2)22(28)29)27-24(31)33-14-21-19-11-7-5-9-17(19)18-10-6-8-12-20(18)21/h5-12,16,21H,4,13-15H2,1-3H3,(H,26,30)(H,27,31)(H,28,29). The minimum Gasteiger partial charge on any atom is -0.481 e. The van der Waals surface area contributed by atoms with E-state index < -0.39 is 29.4 Å². The lowest BCUT2D eigenvalue weighted by molar-refractivity contribution is -0.141. The summed E-state index contributed by atoms with van der Waals surface area (Å²) in [4.78, 5) is 36.7. The fraction of sp³-hybridized carbons (Fsp3) is 0.400. The van der Waals surface area contributed by atoms with Crippen LogP contribution in [0.1, 0.15) is 37.3 Å². The van der Waals surface area contributed by atoms with Gasteiger partial charge in [0.1, 0.15) is 12.1 Å². The van der Waals surface area contributed by atoms with Crippen LogP contribution in [0, 0.1) is 5.92 Å². The molecule has 2 atom stereocenters. The predicted molar refractivity (Wildman–Crippen MR) is 123 cm³/mol. The van der Waals surface area contributed by atoms with Crippen LogP contribution in [-0.4, -0.2) is 55.5 Å². The smallest absolute Gasteiger partial charge is 0.408 e. The number of carbonyl (C=O) groups excluding carboxylic acids is 2. The van der Waals surface area contributed by atoms with Crippen LogP contribution in [-0.2, 0) is 19.1 Å². The summed E-state index contributed by atoms with van der Waals surface area (Å²) >= 11 is 0. The Kier molecular flexibility index (Phi) is 7.71. The van der Waals surface area contributed by atoms with Crippen LogP contribution in [0.4, 0.5) is 4.79 Å². The molecular formula is C25H30N2O6. The van der Waals surface area contributed by atoms with E-state index in [0.29, 0.717) is 0 Å². The van der Waals surface area contributed by atoms with Gasteiger partial charge in [0.2, 0.25) is 5.91 Å². The van der Waals surface area contributed by atoms with Crippen molar-refractivity contribution in [2.24, 2.45) is 5.92 Å². The molecule has 8 nitrogen and oxygen atoms in total. The minimum absolute atomic E-state index is 0.0635. The molecule has 2 unspecified atom stereocenters. The highest BCUT2D eigenvalue weighted by atomic mass is 16.5. The highest BCUT2D eigenvalue weighted by Crippen LogP contribution is 2.44. The van der Waals surface area contributed by atoms with Gasteiger partial charge in [-0.1, -0.05) is 62.4 Å². The van der Waals surface area contributed by atoms with E-state index in [9.17, 15) is 14.4 Å². The molecular weight excluding hydrogens is 424 g/mol. The van der Waals surface area contributed by atoms with E-state index in [-0.39, 0.29) is 32.1 Å². The van der Waals surface area contributed by atoms with Crippen LogP contribution in [0.5, 0.6) is 0 Å². The molecule has 0 aromatic heterocycles. The summed E-state index contributed by atoms with van der Waals surface area (Å²) in [6.07, 6.45) is -0.504. The van der Waals surface area contributed by atoms with Crippen LogP contribution in [0.2, 0.25) is 0 Å². The first-order valence-corrected chi connectivity index (χ1v) is 11.0. The topological polar surface area (TPSA) is 114 Å². The quantitative estimate of drug-likeness (QED) is 0.508. The van der Waals surface area contributed by atoms with Crippen molar-refractivity contribution in [2.75, 3.05) is 26.9 Å². The maximum Gasteiger partial charge on any atom is 0.408 e. The SMILES string of the molecule is CCC(COC)(NC(=O)OCC1c2ccccc2-c2ccccc21)C(=O)NCC(C)C(=O)O. The number of methoxy groups -OCH3 is 1. The number of carbonyl (C=O) groups is 3. The molecule has 1 aliphatic carbocycles. The second kappa shape index (κ2) is 10.5. The first kappa shape index (κ1) is 24.3. The molecule has 0 bridgehead atoms. The summed E-state index contributed by atoms with van der Waals surface area (Å²) in [5.74, 6) is -2.41. The third-order valence-electron chi connectivity index (χ3n) is 6.10. The molecule has 1 aliphatic rings. The Balaban J connectivity index is 1.70. The van der Waals surface area contributed by atoms with Gasteiger partial charge in [-0.25, -0.2) is 4.79 Å². The molecule has 0 spiro atoms. The molecule has 3 rings (SSSR count). The Morgan fingerprint density at radius 2 is 1.64 bits per heavy atom. The number of rotatable bonds is 10. The van der Waals surface area contributed by atoms with Crippen molar-refractivity contribution in [3.63, 3.8) is 0 Å². The number of benzene rings is 2. The van der Waals surface area contributed by atoms with Crippen molar-refractivity contribution in [3.8, 4) is 11.1 Å². The highest BCUT2D eigenvalue weighted by Gasteiger charge is 2.40. The number of nitrogens with one attached hydrogen (secondary N) is 2. The van der Waals surface area contributed by atoms with Crippen molar-refractivity contribution < 1.29 is 29.0 Å². The third-order valence-corrected chi connectivity index (χ3v) is 6.10. The molecule has 0 heterocycles. The number of carboxylic acids is 1. The third kappa shape index (κ3) is 5.17. The molecule has 0 fully saturated rings. The summed E-state index contributed by atoms with van der Waals surface area (Å²) in [5.41, 5.74) is 3.04. The molecule has 2 aromatic carbocycles. The first-order chi connectivity index (χ1) is 15.8. The van der Waals surface area contributed by atoms with Crippen molar-refractivity contribution in [2.45, 2.75) is 31.7 Å². The average molecular weight is 455 g/mol. The van der Waals surface area contributed by atoms with Gasteiger partial charge in [0, 0.05) is 19.6 Å². The van der Waals surface area contributed by atoms with Gasteiger partial charge in [-0.2, -0.15) is 0 Å². The second-order valence-corrected chi connectivity index (χ2v) is 8.27. The normalized spacial score (nSPS) is 15.0. The van der Waals surface area contributed by atoms with Gasteiger partial charge in [0.05, 0.1) is 12.5 Å². The van der Waals surface area contributed by atoms with Gasteiger partial charge >= 0.3 is 12.1 Å². The molecule has 2 aromatic rings. The van der Waals surface area contributed by atoms with E-state index in [1.165, 1.54) is 14.0 Å². The average Bonchev–Trinajstić information content (AvgIpc) is 3.14. The summed E-state index contributed by atoms with van der Waals surface area (Å²) in [6, 6.07) is 16.0. The summed E-state index contributed by atoms with van der Waals surface area (Å²) in [5, 5.41) is 14.3. The lowest BCUT2D eigenvalue weighted by Gasteiger charge is -2.31. The molecule has 33 heavy (non-hydrogen) atoms. The Labute approximate surface area is 193 Å². The molecule has 3 N–H and O–H groups in total. The molecule has 0 saturated heterocycles. The second-order valence-electron chi connectivity index (χ2n) is 8.27. The molecule has 0 radical (unpaired) electrons. The number of hydrogen-bond acceptors (Lipinski definition) is 5. The zero-order chi connectivity index (χ0) is 24.0. The van der Waals surface area contributed by atoms with Gasteiger partial charge in [-0.15, -0.1) is 0 Å². The van der Waals surface area contributed by atoms with Gasteiger partial charge in [-0.05, 0) is 28.7 Å². The molecule has 8 heteroatoms. The molecule has 0 saturated carbocycles. The van der Waals surface area contributed by atoms with E-state index in [1.807, 2.05) is 36.4 Å². The van der Waals surface area contributed by atoms with Gasteiger partial charge in [0.15, 0.2) is 0 Å². The van der Waals surface area contributed by atoms with Gasteiger partial charge in [0.25, 0.3) is 0 Å². The number of amides is 2. The van der Waals surface area contributed by atoms with Crippen molar-refractivity contribution in [1.29, 1.82) is 0 Å². The largest absolute Gasteiger partial charge is 0.481 e. The minimum atomic E-state index is -1.38. The van der Waals surface area contributed by atoms with Crippen molar-refractivity contribution in [1.82, 2.24) is 10.6 Å². The number of fused-ring (bicyclic) bond motifs is 3. The molecule has 176 valence electrons. The highest BCUT2D eigenvalue weighted by molar-refractivity contribution is 5.90. The summed E-state index contributed by atoms with van der Waals surface area (Å²) in [7, 11) is 1.43. The fourth-order valence-electron chi connectivity index (χ4n) is 4.09. The first-order valence-electron chi connectivity index (χ1n) is 11.0. The molecule has 0 aliphatic heterocycles. The van der Waals surface area contributed by atoms with E-state index in [2.05, 4.69) is 22.8 Å². The molecule has 2 amide bonds. The van der Waals surface area contributed by atoms with E-state index in [4.69, 9.17) is 14.6 Å². The zero-order valence-corrected chi connectivity index (χ0v) is 19.1. The summed E-state index contributed by atoms with van der Waals surface area (Å²) in [6.45, 7) is 3.20. The predicted octanol–water partition coefficient (Wildman–Crippen LogP) is 3.16. The fourth-order valence-corrected chi connectivity index (χ4v) is 4.09. The number of hydrogen-bond donors (Lipinski definition) is 3. The maximum absolute atomic E-state index is 12.9. The Hall–Kier alpha value is -3.39. The number of carboxylic acid groups (broad SMARTS) is 1. The van der Waals surface area contributed by atoms with Gasteiger partial charge < -0.3 is 25.2 Å². The van der Waals surface area contributed by atoms with Crippen molar-refractivity contribution >= 4 is 18.0 Å². The number of aliphatic carboxylic acids is 1. The van der Waals surface area contributed by atoms with Gasteiger partial charge in [-0.3, -0.25) is 9.59 Å². The monoisotopic (exact) mass is 454 g/mol. The number of alkyl carbamates (subject to hydrolysis) is 1. The number of ether oxygens (including phenoxy) is 2. The lowest BCUT2D eigenvalue weighted by atomic mass is 9.95. The van der Waals surface area contributed by atoms with E-state index in [1.54, 1.807) is 6.92 Å². The maximum atomic E-state index is 12.9. The van der Waals surface area contributed by atoms with Crippen LogP contribution in [0.15, 0.2) is 48.5 Å². The Morgan fingerprint density at radius 3 is 2.15 bits per heavy atom. The van der Waals surface area contributed by atoms with E-state index in [0.717, 1.165) is 22.3 Å². The van der Waals surface area contributed by atoms with Crippen LogP contribution >= 0.6 is 0 Å². The zero-order valence-electron chi connectivity index (χ0n) is 19.1.